The van der Waals surface area contributed by atoms with E-state index < -0.39 is 0 Å². The number of thiocarbonyl (C=S) groups is 1. The van der Waals surface area contributed by atoms with Gasteiger partial charge in [0, 0.05) is 17.3 Å². The van der Waals surface area contributed by atoms with Gasteiger partial charge in [-0.1, -0.05) is 12.2 Å². The number of aromatic nitrogens is 3. The molecule has 0 spiro atoms. The fourth-order valence-corrected chi connectivity index (χ4v) is 1.90. The van der Waals surface area contributed by atoms with Gasteiger partial charge in [-0.3, -0.25) is 19.7 Å². The highest BCUT2D eigenvalue weighted by Gasteiger charge is 2.08. The molecule has 104 valence electrons. The SMILES string of the molecule is Cc1c(C)c(=O)n(Cc2ccnc(C(N)=S)c2)[nH]c1=O. The average Bonchev–Trinajstić information content (AvgIpc) is 2.42. The molecule has 0 saturated carbocycles. The van der Waals surface area contributed by atoms with E-state index in [9.17, 15) is 9.59 Å². The molecule has 2 aromatic rings. The largest absolute Gasteiger partial charge is 0.388 e. The summed E-state index contributed by atoms with van der Waals surface area (Å²) in [4.78, 5) is 28.0. The van der Waals surface area contributed by atoms with E-state index in [1.165, 1.54) is 4.68 Å². The summed E-state index contributed by atoms with van der Waals surface area (Å²) in [5.41, 5.74) is 7.16. The molecule has 7 heteroatoms. The minimum absolute atomic E-state index is 0.188. The molecule has 6 nitrogen and oxygen atoms in total. The molecule has 0 fully saturated rings. The van der Waals surface area contributed by atoms with E-state index in [0.717, 1.165) is 5.56 Å². The Balaban J connectivity index is 2.46. The Morgan fingerprint density at radius 3 is 2.75 bits per heavy atom. The average molecular weight is 290 g/mol. The number of nitrogens with two attached hydrogens (primary N) is 1. The van der Waals surface area contributed by atoms with Gasteiger partial charge in [0.05, 0.1) is 12.2 Å². The maximum Gasteiger partial charge on any atom is 0.268 e. The van der Waals surface area contributed by atoms with Crippen LogP contribution in [-0.4, -0.2) is 19.8 Å². The zero-order chi connectivity index (χ0) is 14.9. The van der Waals surface area contributed by atoms with Crippen LogP contribution in [0.5, 0.6) is 0 Å². The van der Waals surface area contributed by atoms with Crippen LogP contribution in [0, 0.1) is 13.8 Å². The van der Waals surface area contributed by atoms with Gasteiger partial charge in [0.1, 0.15) is 4.99 Å². The summed E-state index contributed by atoms with van der Waals surface area (Å²) >= 11 is 4.86. The van der Waals surface area contributed by atoms with Crippen molar-refractivity contribution in [3.8, 4) is 0 Å². The third-order valence-corrected chi connectivity index (χ3v) is 3.33. The number of pyridine rings is 1. The zero-order valence-electron chi connectivity index (χ0n) is 11.1. The van der Waals surface area contributed by atoms with Crippen LogP contribution >= 0.6 is 12.2 Å². The molecule has 0 radical (unpaired) electrons. The van der Waals surface area contributed by atoms with Gasteiger partial charge in [-0.2, -0.15) is 0 Å². The van der Waals surface area contributed by atoms with E-state index in [1.807, 2.05) is 0 Å². The van der Waals surface area contributed by atoms with Crippen LogP contribution in [-0.2, 0) is 6.54 Å². The number of nitrogens with zero attached hydrogens (tertiary/aromatic N) is 2. The number of hydrogen-bond donors (Lipinski definition) is 2. The molecule has 3 N–H and O–H groups in total. The summed E-state index contributed by atoms with van der Waals surface area (Å²) in [7, 11) is 0. The molecule has 0 aliphatic heterocycles. The smallest absolute Gasteiger partial charge is 0.268 e. The molecule has 20 heavy (non-hydrogen) atoms. The van der Waals surface area contributed by atoms with Crippen molar-refractivity contribution < 1.29 is 0 Å². The Bertz CT molecular complexity index is 792. The van der Waals surface area contributed by atoms with Gasteiger partial charge in [0.15, 0.2) is 0 Å². The van der Waals surface area contributed by atoms with Crippen molar-refractivity contribution in [1.29, 1.82) is 0 Å². The fraction of sp³-hybridized carbons (Fsp3) is 0.231. The first-order valence-corrected chi connectivity index (χ1v) is 6.36. The molecule has 0 unspecified atom stereocenters. The lowest BCUT2D eigenvalue weighted by Crippen LogP contribution is -2.33. The first-order valence-electron chi connectivity index (χ1n) is 5.95. The second-order valence-corrected chi connectivity index (χ2v) is 4.94. The Morgan fingerprint density at radius 1 is 1.40 bits per heavy atom. The Labute approximate surface area is 120 Å². The number of H-pyrrole nitrogens is 1. The van der Waals surface area contributed by atoms with Gasteiger partial charge < -0.3 is 5.73 Å². The number of aromatic amines is 1. The van der Waals surface area contributed by atoms with Crippen LogP contribution < -0.4 is 16.9 Å². The van der Waals surface area contributed by atoms with E-state index >= 15 is 0 Å². The van der Waals surface area contributed by atoms with Crippen molar-refractivity contribution in [3.05, 3.63) is 61.4 Å². The summed E-state index contributed by atoms with van der Waals surface area (Å²) in [6.45, 7) is 3.49. The van der Waals surface area contributed by atoms with Gasteiger partial charge in [-0.05, 0) is 31.5 Å². The van der Waals surface area contributed by atoms with Crippen LogP contribution in [0.2, 0.25) is 0 Å². The molecule has 2 heterocycles. The zero-order valence-corrected chi connectivity index (χ0v) is 12.0. The van der Waals surface area contributed by atoms with Crippen LogP contribution in [0.3, 0.4) is 0 Å². The van der Waals surface area contributed by atoms with Gasteiger partial charge in [-0.15, -0.1) is 0 Å². The fourth-order valence-electron chi connectivity index (χ4n) is 1.79. The molecule has 2 aromatic heterocycles. The number of hydrogen-bond acceptors (Lipinski definition) is 4. The van der Waals surface area contributed by atoms with Gasteiger partial charge in [0.2, 0.25) is 0 Å². The highest BCUT2D eigenvalue weighted by molar-refractivity contribution is 7.80. The molecule has 0 aromatic carbocycles. The summed E-state index contributed by atoms with van der Waals surface area (Å²) in [6.07, 6.45) is 1.56. The normalized spacial score (nSPS) is 10.5. The van der Waals surface area contributed by atoms with Crippen molar-refractivity contribution in [2.45, 2.75) is 20.4 Å². The minimum atomic E-state index is -0.272. The second kappa shape index (κ2) is 5.38. The number of rotatable bonds is 3. The molecule has 0 aliphatic carbocycles. The van der Waals surface area contributed by atoms with E-state index in [-0.39, 0.29) is 22.7 Å². The standard InChI is InChI=1S/C13H14N4O2S/c1-7-8(2)13(19)17(16-12(7)18)6-9-3-4-15-10(5-9)11(14)20/h3-5H,6H2,1-2H3,(H2,14,20)(H,16,18). The topological polar surface area (TPSA) is 93.8 Å². The summed E-state index contributed by atoms with van der Waals surface area (Å²) in [6, 6.07) is 3.43. The molecular weight excluding hydrogens is 276 g/mol. The summed E-state index contributed by atoms with van der Waals surface area (Å²) < 4.78 is 1.27. The molecule has 0 amide bonds. The van der Waals surface area contributed by atoms with Gasteiger partial charge >= 0.3 is 0 Å². The Morgan fingerprint density at radius 2 is 2.10 bits per heavy atom. The van der Waals surface area contributed by atoms with Crippen LogP contribution in [0.15, 0.2) is 27.9 Å². The van der Waals surface area contributed by atoms with Crippen molar-refractivity contribution in [2.24, 2.45) is 5.73 Å². The maximum atomic E-state index is 12.1. The van der Waals surface area contributed by atoms with E-state index in [1.54, 1.807) is 32.2 Å². The lowest BCUT2D eigenvalue weighted by Gasteiger charge is -2.09. The third-order valence-electron chi connectivity index (χ3n) is 3.12. The van der Waals surface area contributed by atoms with E-state index in [2.05, 4.69) is 10.1 Å². The van der Waals surface area contributed by atoms with E-state index in [4.69, 9.17) is 18.0 Å². The minimum Gasteiger partial charge on any atom is -0.388 e. The molecule has 0 bridgehead atoms. The van der Waals surface area contributed by atoms with Gasteiger partial charge in [0.25, 0.3) is 11.1 Å². The maximum absolute atomic E-state index is 12.1. The quantitative estimate of drug-likeness (QED) is 0.789. The highest BCUT2D eigenvalue weighted by Crippen LogP contribution is 2.03. The summed E-state index contributed by atoms with van der Waals surface area (Å²) in [5, 5.41) is 2.55. The highest BCUT2D eigenvalue weighted by atomic mass is 32.1. The van der Waals surface area contributed by atoms with Crippen molar-refractivity contribution in [3.63, 3.8) is 0 Å². The molecule has 0 atom stereocenters. The second-order valence-electron chi connectivity index (χ2n) is 4.50. The summed E-state index contributed by atoms with van der Waals surface area (Å²) in [5.74, 6) is 0. The monoisotopic (exact) mass is 290 g/mol. The van der Waals surface area contributed by atoms with Crippen LogP contribution in [0.25, 0.3) is 0 Å². The number of nitrogens with one attached hydrogen (secondary N) is 1. The predicted octanol–water partition coefficient (Wildman–Crippen LogP) is 0.231. The van der Waals surface area contributed by atoms with Gasteiger partial charge in [-0.25, -0.2) is 4.68 Å². The molecular formula is C13H14N4O2S. The molecule has 0 saturated heterocycles. The Kier molecular flexibility index (Phi) is 3.80. The van der Waals surface area contributed by atoms with Crippen LogP contribution in [0.1, 0.15) is 22.4 Å². The van der Waals surface area contributed by atoms with Crippen molar-refractivity contribution in [2.75, 3.05) is 0 Å². The van der Waals surface area contributed by atoms with E-state index in [0.29, 0.717) is 16.8 Å². The lowest BCUT2D eigenvalue weighted by atomic mass is 10.2. The van der Waals surface area contributed by atoms with Crippen molar-refractivity contribution in [1.82, 2.24) is 14.8 Å². The Hall–Kier alpha value is -2.28. The third kappa shape index (κ3) is 2.67. The first kappa shape index (κ1) is 14.1. The first-order chi connectivity index (χ1) is 9.40. The predicted molar refractivity (Wildman–Crippen MR) is 80.0 cm³/mol. The molecule has 0 aliphatic rings. The molecule has 2 rings (SSSR count). The lowest BCUT2D eigenvalue weighted by molar-refractivity contribution is 0.617. The van der Waals surface area contributed by atoms with Crippen LogP contribution in [0.4, 0.5) is 0 Å². The van der Waals surface area contributed by atoms with Crippen molar-refractivity contribution >= 4 is 17.2 Å².